The van der Waals surface area contributed by atoms with Crippen molar-refractivity contribution in [2.24, 2.45) is 0 Å². The number of hydrogen-bond donors (Lipinski definition) is 0. The summed E-state index contributed by atoms with van der Waals surface area (Å²) in [6.07, 6.45) is 6.00. The number of anilines is 4. The fourth-order valence-corrected chi connectivity index (χ4v) is 11.8. The van der Waals surface area contributed by atoms with E-state index >= 15 is 0 Å². The minimum Gasteiger partial charge on any atom is -0.509 e. The Morgan fingerprint density at radius 1 is 0.524 bits per heavy atom. The van der Waals surface area contributed by atoms with Crippen molar-refractivity contribution in [1.82, 2.24) is 9.55 Å². The maximum atomic E-state index is 9.14. The van der Waals surface area contributed by atoms with Crippen LogP contribution in [0.2, 0.25) is 0 Å². The second-order valence-corrected chi connectivity index (χ2v) is 25.2. The average Bonchev–Trinajstić information content (AvgIpc) is 1.65. The first-order valence-electron chi connectivity index (χ1n) is 31.8. The Bertz CT molecular complexity index is 4480. The topological polar surface area (TPSA) is 33.5 Å². The first kappa shape index (κ1) is 51.6. The van der Waals surface area contributed by atoms with Crippen LogP contribution in [0.4, 0.5) is 22.7 Å². The Morgan fingerprint density at radius 2 is 1.17 bits per heavy atom. The number of para-hydroxylation sites is 3. The van der Waals surface area contributed by atoms with Gasteiger partial charge in [0.25, 0.3) is 0 Å². The zero-order valence-electron chi connectivity index (χ0n) is 55.1. The van der Waals surface area contributed by atoms with Gasteiger partial charge in [0.05, 0.1) is 6.85 Å². The Balaban J connectivity index is 0.00000817. The molecule has 0 amide bonds. The van der Waals surface area contributed by atoms with Crippen molar-refractivity contribution < 1.29 is 32.7 Å². The fraction of sp³-hybridized carbons (Fsp3) is 0.231. The number of aryl methyl sites for hydroxylation is 2. The summed E-state index contributed by atoms with van der Waals surface area (Å²) in [6.45, 7) is 26.4. The second-order valence-electron chi connectivity index (χ2n) is 25.2. The molecule has 0 N–H and O–H groups in total. The number of pyridine rings is 1. The summed E-state index contributed by atoms with van der Waals surface area (Å²) < 4.78 is 53.3. The first-order valence-corrected chi connectivity index (χ1v) is 29.3. The number of nitrogens with zero attached hydrogens (tertiary/aromatic N) is 4. The number of fused-ring (bicyclic) bond motifs is 4. The van der Waals surface area contributed by atoms with Crippen LogP contribution in [-0.4, -0.2) is 9.55 Å². The van der Waals surface area contributed by atoms with Gasteiger partial charge in [-0.15, -0.1) is 48.1 Å². The van der Waals surface area contributed by atoms with Crippen molar-refractivity contribution in [3.63, 3.8) is 0 Å². The minimum atomic E-state index is -0.424. The molecule has 0 saturated carbocycles. The standard InChI is InChI=1S/C78H75N4O.Pt/c1-12-22-54-36-41-71-74(65(54)23-13-2)68-40-39-64(50-72(68)82(71)73-48-60(42-43-79-73)77(6,7)8)83-63-29-20-28-62(49-63)80-51-81(70-33-18-17-32-69(70)80)75-66(56-27-19-26-55(44-56)53-34-37-59(38-35-53)76(3,4)5)30-21-31-67(75)58-45-57(52-24-15-14-16-25-52)46-61(47-58)78(9,10)11;/h14-21,24-48,51H,12-13,22-23H2,1-11H3;/q-3;/i14D,15D,16D,24D,25D;. The van der Waals surface area contributed by atoms with Gasteiger partial charge in [0.2, 0.25) is 0 Å². The van der Waals surface area contributed by atoms with Crippen LogP contribution in [0, 0.1) is 18.8 Å². The van der Waals surface area contributed by atoms with Crippen LogP contribution >= 0.6 is 0 Å². The Kier molecular flexibility index (Phi) is 14.3. The second kappa shape index (κ2) is 23.2. The summed E-state index contributed by atoms with van der Waals surface area (Å²) in [5.41, 5.74) is 17.9. The van der Waals surface area contributed by atoms with Crippen molar-refractivity contribution in [3.8, 4) is 61.8 Å². The fourth-order valence-electron chi connectivity index (χ4n) is 11.8. The van der Waals surface area contributed by atoms with Gasteiger partial charge in [-0.25, -0.2) is 4.98 Å². The van der Waals surface area contributed by atoms with E-state index in [-0.39, 0.29) is 67.0 Å². The molecule has 0 spiro atoms. The van der Waals surface area contributed by atoms with E-state index in [1.54, 1.807) is 0 Å². The number of benzene rings is 9. The largest absolute Gasteiger partial charge is 0.509 e. The van der Waals surface area contributed by atoms with Gasteiger partial charge in [0, 0.05) is 72.5 Å². The Morgan fingerprint density at radius 3 is 1.88 bits per heavy atom. The van der Waals surface area contributed by atoms with Crippen molar-refractivity contribution in [3.05, 3.63) is 247 Å². The predicted octanol–water partition coefficient (Wildman–Crippen LogP) is 21.4. The third-order valence-corrected chi connectivity index (χ3v) is 16.2. The molecule has 3 heterocycles. The van der Waals surface area contributed by atoms with Crippen LogP contribution in [0.5, 0.6) is 11.5 Å². The maximum Gasteiger partial charge on any atom is 0.135 e. The third-order valence-electron chi connectivity index (χ3n) is 16.2. The molecule has 9 aromatic carbocycles. The van der Waals surface area contributed by atoms with E-state index in [0.29, 0.717) is 17.1 Å². The van der Waals surface area contributed by atoms with Gasteiger partial charge in [0.15, 0.2) is 0 Å². The van der Waals surface area contributed by atoms with E-state index in [1.807, 2.05) is 42.6 Å². The molecule has 0 atom stereocenters. The summed E-state index contributed by atoms with van der Waals surface area (Å²) in [5, 5.41) is 2.36. The molecule has 0 bridgehead atoms. The molecule has 0 saturated heterocycles. The van der Waals surface area contributed by atoms with Crippen LogP contribution in [0.25, 0.3) is 72.1 Å². The van der Waals surface area contributed by atoms with Crippen molar-refractivity contribution in [1.29, 1.82) is 0 Å². The van der Waals surface area contributed by atoms with Crippen molar-refractivity contribution >= 4 is 44.6 Å². The number of hydrogen-bond acceptors (Lipinski definition) is 4. The van der Waals surface area contributed by atoms with Gasteiger partial charge in [-0.05, 0) is 138 Å². The van der Waals surface area contributed by atoms with E-state index in [1.165, 1.54) is 27.6 Å². The van der Waals surface area contributed by atoms with Crippen LogP contribution in [0.3, 0.4) is 0 Å². The molecule has 426 valence electrons. The molecular formula is C78H75N4OPt-3. The third kappa shape index (κ3) is 11.3. The van der Waals surface area contributed by atoms with E-state index in [4.69, 9.17) is 16.6 Å². The normalized spacial score (nSPS) is 13.5. The molecule has 12 rings (SSSR count). The molecule has 0 fully saturated rings. The maximum absolute atomic E-state index is 9.14. The summed E-state index contributed by atoms with van der Waals surface area (Å²) in [4.78, 5) is 9.42. The Labute approximate surface area is 520 Å². The monoisotopic (exact) mass is 1280 g/mol. The van der Waals surface area contributed by atoms with Gasteiger partial charge in [-0.1, -0.05) is 216 Å². The molecule has 6 heteroatoms. The number of aromatic nitrogens is 2. The summed E-state index contributed by atoms with van der Waals surface area (Å²) >= 11 is 0. The first-order chi connectivity index (χ1) is 42.0. The molecule has 11 aromatic rings. The number of ether oxygens (including phenoxy) is 1. The molecule has 0 aliphatic carbocycles. The zero-order valence-corrected chi connectivity index (χ0v) is 52.4. The molecule has 5 nitrogen and oxygen atoms in total. The van der Waals surface area contributed by atoms with Gasteiger partial charge in [0.1, 0.15) is 5.82 Å². The Hall–Kier alpha value is -7.98. The molecule has 0 radical (unpaired) electrons. The molecule has 0 unspecified atom stereocenters. The van der Waals surface area contributed by atoms with Gasteiger partial charge < -0.3 is 19.1 Å². The SMILES string of the molecule is [2H]c1c([2H])c([2H])c(-c2cc(-c3cccc(-c4cccc(-c5ccc(C(C)(C)C)cc5)c4)c3N3[CH-]N(c4[c-]c(Oc5[c-]c6c(cc5)c5c(CCC)c(CCC)ccc5n6-c5cc(C(C)(C)C)ccn5)ccc4)c4ccccc43)cc(C(C)(C)C)c2)c([2H])c1[2H].[Pt]. The predicted molar refractivity (Wildman–Crippen MR) is 350 cm³/mol. The number of rotatable bonds is 13. The summed E-state index contributed by atoms with van der Waals surface area (Å²) in [6, 6.07) is 63.3. The van der Waals surface area contributed by atoms with Crippen LogP contribution in [0.15, 0.2) is 200 Å². The van der Waals surface area contributed by atoms with E-state index in [2.05, 4.69) is 237 Å². The zero-order chi connectivity index (χ0) is 62.1. The minimum absolute atomic E-state index is 0. The molecule has 2 aromatic heterocycles. The van der Waals surface area contributed by atoms with Crippen molar-refractivity contribution in [2.75, 3.05) is 9.80 Å². The smallest absolute Gasteiger partial charge is 0.135 e. The van der Waals surface area contributed by atoms with E-state index in [9.17, 15) is 0 Å². The molecule has 1 aliphatic rings. The van der Waals surface area contributed by atoms with Gasteiger partial charge in [-0.3, -0.25) is 0 Å². The van der Waals surface area contributed by atoms with E-state index in [0.717, 1.165) is 110 Å². The van der Waals surface area contributed by atoms with Gasteiger partial charge in [-0.2, -0.15) is 12.1 Å². The molecule has 1 aliphatic heterocycles. The van der Waals surface area contributed by atoms with Crippen LogP contribution in [-0.2, 0) is 50.2 Å². The molecule has 84 heavy (non-hydrogen) atoms. The van der Waals surface area contributed by atoms with Crippen LogP contribution in [0.1, 0.15) is 124 Å². The summed E-state index contributed by atoms with van der Waals surface area (Å²) in [7, 11) is 0. The van der Waals surface area contributed by atoms with Crippen molar-refractivity contribution in [2.45, 2.75) is 118 Å². The van der Waals surface area contributed by atoms with Crippen LogP contribution < -0.4 is 14.5 Å². The summed E-state index contributed by atoms with van der Waals surface area (Å²) in [5.74, 6) is 1.92. The van der Waals surface area contributed by atoms with E-state index < -0.39 is 6.04 Å². The molecular weight excluding hydrogens is 1200 g/mol. The quantitative estimate of drug-likeness (QED) is 0.108. The average molecular weight is 1280 g/mol. The van der Waals surface area contributed by atoms with Gasteiger partial charge >= 0.3 is 0 Å².